The molecule has 1 aromatic heterocycles. The number of Topliss-reactive ketones (excluding diaryl/α,β-unsaturated/α-hetero) is 1. The number of pyridine rings is 1. The topological polar surface area (TPSA) is 112 Å². The van der Waals surface area contributed by atoms with Crippen LogP contribution < -0.4 is 10.5 Å². The fraction of sp³-hybridized carbons (Fsp3) is 0.435. The minimum absolute atomic E-state index is 0.0182. The number of amidine groups is 1. The third kappa shape index (κ3) is 3.80. The minimum atomic E-state index is -3.88. The van der Waals surface area contributed by atoms with Crippen LogP contribution in [0.15, 0.2) is 35.5 Å². The number of carbonyl (C=O) groups is 1. The number of sulfone groups is 1. The Morgan fingerprint density at radius 1 is 1.30 bits per heavy atom. The van der Waals surface area contributed by atoms with Gasteiger partial charge in [0.15, 0.2) is 15.6 Å². The zero-order chi connectivity index (χ0) is 24.2. The summed E-state index contributed by atoms with van der Waals surface area (Å²) in [5, 5.41) is 0. The Hall–Kier alpha value is -2.88. The van der Waals surface area contributed by atoms with Crippen molar-refractivity contribution in [1.82, 2.24) is 4.98 Å². The van der Waals surface area contributed by atoms with Crippen LogP contribution in [0.4, 0.5) is 8.78 Å². The standard InChI is InChI=1S/C23H25F2N3O4S/c1-13-6-16(32-3)11-27-20(13)19(29)8-14-4-5-18(25)17(7-14)22(2)12-33(30,31)23(21(26)28-22)9-15(24)10-23/h4-7,11,15H,8-10,12H2,1-3H3,(H2,26,28)/t15?,22-,23?/m0/s1. The number of carbonyl (C=O) groups excluding carboxylic acids is 1. The molecular formula is C23H25F2N3O4S. The predicted molar refractivity (Wildman–Crippen MR) is 120 cm³/mol. The van der Waals surface area contributed by atoms with Gasteiger partial charge in [0.2, 0.25) is 0 Å². The number of ketones is 1. The van der Waals surface area contributed by atoms with E-state index in [1.807, 2.05) is 0 Å². The maximum atomic E-state index is 14.9. The van der Waals surface area contributed by atoms with Crippen LogP contribution in [0.2, 0.25) is 0 Å². The van der Waals surface area contributed by atoms with Crippen LogP contribution in [-0.4, -0.2) is 48.8 Å². The van der Waals surface area contributed by atoms with Crippen molar-refractivity contribution in [1.29, 1.82) is 0 Å². The van der Waals surface area contributed by atoms with Crippen molar-refractivity contribution in [2.75, 3.05) is 12.9 Å². The van der Waals surface area contributed by atoms with E-state index in [4.69, 9.17) is 10.5 Å². The Kier molecular flexibility index (Phi) is 5.55. The molecule has 33 heavy (non-hydrogen) atoms. The molecule has 1 atom stereocenters. The molecule has 0 unspecified atom stereocenters. The number of aliphatic imine (C=N–C) groups is 1. The van der Waals surface area contributed by atoms with Gasteiger partial charge in [0.05, 0.1) is 19.1 Å². The average Bonchev–Trinajstić information content (AvgIpc) is 2.70. The smallest absolute Gasteiger partial charge is 0.185 e. The molecular weight excluding hydrogens is 452 g/mol. The van der Waals surface area contributed by atoms with E-state index < -0.39 is 37.9 Å². The van der Waals surface area contributed by atoms with Crippen molar-refractivity contribution in [3.63, 3.8) is 0 Å². The lowest BCUT2D eigenvalue weighted by molar-refractivity contribution is 0.0987. The van der Waals surface area contributed by atoms with Crippen molar-refractivity contribution in [3.8, 4) is 5.75 Å². The van der Waals surface area contributed by atoms with E-state index in [0.717, 1.165) is 0 Å². The van der Waals surface area contributed by atoms with Crippen molar-refractivity contribution >= 4 is 21.5 Å². The molecule has 1 aliphatic carbocycles. The fourth-order valence-corrected chi connectivity index (χ4v) is 7.11. The van der Waals surface area contributed by atoms with Gasteiger partial charge in [-0.05, 0) is 43.2 Å². The van der Waals surface area contributed by atoms with Gasteiger partial charge in [-0.1, -0.05) is 6.07 Å². The molecule has 0 amide bonds. The Morgan fingerprint density at radius 2 is 2.00 bits per heavy atom. The van der Waals surface area contributed by atoms with Crippen molar-refractivity contribution in [3.05, 3.63) is 58.7 Å². The first-order valence-corrected chi connectivity index (χ1v) is 12.1. The number of nitrogens with two attached hydrogens (primary N) is 1. The molecule has 10 heteroatoms. The average molecular weight is 478 g/mol. The molecule has 2 N–H and O–H groups in total. The van der Waals surface area contributed by atoms with Crippen LogP contribution in [-0.2, 0) is 21.8 Å². The second-order valence-corrected chi connectivity index (χ2v) is 11.3. The Balaban J connectivity index is 1.67. The number of ether oxygens (including phenoxy) is 1. The summed E-state index contributed by atoms with van der Waals surface area (Å²) in [6.07, 6.45) is -0.333. The van der Waals surface area contributed by atoms with Crippen LogP contribution in [0.25, 0.3) is 0 Å². The highest BCUT2D eigenvalue weighted by molar-refractivity contribution is 7.93. The van der Waals surface area contributed by atoms with E-state index in [9.17, 15) is 22.0 Å². The molecule has 4 rings (SSSR count). The third-order valence-corrected chi connectivity index (χ3v) is 9.21. The van der Waals surface area contributed by atoms with Crippen molar-refractivity contribution in [2.45, 2.75) is 49.6 Å². The molecule has 176 valence electrons. The molecule has 0 saturated heterocycles. The van der Waals surface area contributed by atoms with E-state index in [1.165, 1.54) is 38.4 Å². The number of hydrogen-bond donors (Lipinski definition) is 1. The van der Waals surface area contributed by atoms with Gasteiger partial charge in [-0.25, -0.2) is 22.2 Å². The van der Waals surface area contributed by atoms with Crippen LogP contribution in [0.5, 0.6) is 5.75 Å². The zero-order valence-electron chi connectivity index (χ0n) is 18.6. The zero-order valence-corrected chi connectivity index (χ0v) is 19.4. The number of benzene rings is 1. The molecule has 1 fully saturated rings. The summed E-state index contributed by atoms with van der Waals surface area (Å²) in [6.45, 7) is 3.22. The maximum Gasteiger partial charge on any atom is 0.185 e. The number of halogens is 2. The third-order valence-electron chi connectivity index (χ3n) is 6.53. The molecule has 1 aliphatic heterocycles. The van der Waals surface area contributed by atoms with Gasteiger partial charge in [-0.2, -0.15) is 0 Å². The van der Waals surface area contributed by atoms with Crippen LogP contribution >= 0.6 is 0 Å². The van der Waals surface area contributed by atoms with Crippen molar-refractivity contribution < 1.29 is 26.7 Å². The summed E-state index contributed by atoms with van der Waals surface area (Å²) in [5.41, 5.74) is 5.93. The maximum absolute atomic E-state index is 14.9. The number of nitrogens with zero attached hydrogens (tertiary/aromatic N) is 2. The molecule has 2 aliphatic rings. The lowest BCUT2D eigenvalue weighted by atomic mass is 9.80. The van der Waals surface area contributed by atoms with E-state index >= 15 is 0 Å². The van der Waals surface area contributed by atoms with Gasteiger partial charge in [-0.3, -0.25) is 9.79 Å². The number of aryl methyl sites for hydroxylation is 1. The Morgan fingerprint density at radius 3 is 2.58 bits per heavy atom. The quantitative estimate of drug-likeness (QED) is 0.663. The summed E-state index contributed by atoms with van der Waals surface area (Å²) in [5.74, 6) is -1.10. The molecule has 7 nitrogen and oxygen atoms in total. The van der Waals surface area contributed by atoms with Gasteiger partial charge in [0.1, 0.15) is 39.6 Å². The van der Waals surface area contributed by atoms with Gasteiger partial charge >= 0.3 is 0 Å². The monoisotopic (exact) mass is 477 g/mol. The van der Waals surface area contributed by atoms with E-state index in [2.05, 4.69) is 9.98 Å². The number of rotatable bonds is 5. The molecule has 1 spiro atoms. The number of methoxy groups -OCH3 is 1. The second-order valence-electron chi connectivity index (χ2n) is 8.98. The summed E-state index contributed by atoms with van der Waals surface area (Å²) in [6, 6.07) is 5.78. The molecule has 0 radical (unpaired) electrons. The number of aromatic nitrogens is 1. The SMILES string of the molecule is COc1cnc(C(=O)Cc2ccc(F)c([C@]3(C)CS(=O)(=O)C4(CC(F)C4)C(N)=N3)c2)c(C)c1. The fourth-order valence-electron chi connectivity index (χ4n) is 4.64. The summed E-state index contributed by atoms with van der Waals surface area (Å²) in [4.78, 5) is 21.3. The molecule has 1 saturated carbocycles. The first kappa shape index (κ1) is 23.3. The highest BCUT2D eigenvalue weighted by Crippen LogP contribution is 2.48. The van der Waals surface area contributed by atoms with E-state index in [1.54, 1.807) is 13.0 Å². The summed E-state index contributed by atoms with van der Waals surface area (Å²) < 4.78 is 58.1. The molecule has 0 bridgehead atoms. The highest BCUT2D eigenvalue weighted by atomic mass is 32.2. The summed E-state index contributed by atoms with van der Waals surface area (Å²) in [7, 11) is -2.38. The number of alkyl halides is 1. The minimum Gasteiger partial charge on any atom is -0.495 e. The molecule has 2 aromatic rings. The highest BCUT2D eigenvalue weighted by Gasteiger charge is 2.61. The lowest BCUT2D eigenvalue weighted by Crippen LogP contribution is -2.65. The van der Waals surface area contributed by atoms with Gasteiger partial charge in [0.25, 0.3) is 0 Å². The second kappa shape index (κ2) is 7.86. The normalized spacial score (nSPS) is 28.2. The van der Waals surface area contributed by atoms with Crippen LogP contribution in [0.1, 0.15) is 46.9 Å². The van der Waals surface area contributed by atoms with Gasteiger partial charge < -0.3 is 10.5 Å². The van der Waals surface area contributed by atoms with Gasteiger partial charge in [0, 0.05) is 24.8 Å². The van der Waals surface area contributed by atoms with Crippen molar-refractivity contribution in [2.24, 2.45) is 10.7 Å². The number of hydrogen-bond acceptors (Lipinski definition) is 7. The molecule has 1 aromatic carbocycles. The van der Waals surface area contributed by atoms with Crippen LogP contribution in [0.3, 0.4) is 0 Å². The van der Waals surface area contributed by atoms with E-state index in [-0.39, 0.29) is 42.1 Å². The lowest BCUT2D eigenvalue weighted by Gasteiger charge is -2.48. The Labute approximate surface area is 191 Å². The van der Waals surface area contributed by atoms with Crippen LogP contribution in [0, 0.1) is 12.7 Å². The van der Waals surface area contributed by atoms with Gasteiger partial charge in [-0.15, -0.1) is 0 Å². The Bertz CT molecular complexity index is 1270. The predicted octanol–water partition coefficient (Wildman–Crippen LogP) is 2.83. The largest absolute Gasteiger partial charge is 0.495 e. The first-order chi connectivity index (χ1) is 15.4. The molecule has 2 heterocycles. The summed E-state index contributed by atoms with van der Waals surface area (Å²) >= 11 is 0. The van der Waals surface area contributed by atoms with E-state index in [0.29, 0.717) is 16.9 Å². The first-order valence-electron chi connectivity index (χ1n) is 10.5.